The second-order valence-electron chi connectivity index (χ2n) is 6.52. The van der Waals surface area contributed by atoms with E-state index in [1.54, 1.807) is 0 Å². The number of aromatic amines is 1. The molecule has 0 amide bonds. The van der Waals surface area contributed by atoms with Crippen molar-refractivity contribution in [3.8, 4) is 11.1 Å². The van der Waals surface area contributed by atoms with Crippen molar-refractivity contribution >= 4 is 27.6 Å². The molecule has 2 heterocycles. The molecule has 0 spiro atoms. The molecule has 0 aliphatic rings. The van der Waals surface area contributed by atoms with E-state index in [1.165, 1.54) is 0 Å². The van der Waals surface area contributed by atoms with Crippen LogP contribution in [0.5, 0.6) is 0 Å². The fraction of sp³-hybridized carbons (Fsp3) is 0.227. The number of H-pyrrole nitrogens is 1. The molecule has 0 aliphatic heterocycles. The molecular weight excluding hydrogens is 324 g/mol. The minimum absolute atomic E-state index is 0. The molecule has 2 aromatic heterocycles. The van der Waals surface area contributed by atoms with Gasteiger partial charge in [0.2, 0.25) is 0 Å². The van der Waals surface area contributed by atoms with Gasteiger partial charge in [0.1, 0.15) is 5.58 Å². The highest BCUT2D eigenvalue weighted by Gasteiger charge is 2.15. The second-order valence-corrected chi connectivity index (χ2v) is 6.52. The number of nitrogens with zero attached hydrogens (tertiary/aromatic N) is 1. The molecular formula is C22H24N2O2. The van der Waals surface area contributed by atoms with Gasteiger partial charge in [0.05, 0.1) is 5.56 Å². The van der Waals surface area contributed by atoms with E-state index in [-0.39, 0.29) is 7.05 Å². The van der Waals surface area contributed by atoms with Gasteiger partial charge in [-0.15, -0.1) is 0 Å². The fourth-order valence-electron chi connectivity index (χ4n) is 3.67. The summed E-state index contributed by atoms with van der Waals surface area (Å²) in [7, 11) is 0. The van der Waals surface area contributed by atoms with Gasteiger partial charge in [-0.1, -0.05) is 12.1 Å². The smallest absolute Gasteiger partial charge is 0.344 e. The van der Waals surface area contributed by atoms with E-state index >= 15 is 0 Å². The summed E-state index contributed by atoms with van der Waals surface area (Å²) in [5.74, 6) is 0. The van der Waals surface area contributed by atoms with Crippen molar-refractivity contribution in [1.82, 2.24) is 4.98 Å². The summed E-state index contributed by atoms with van der Waals surface area (Å²) in [5, 5.41) is 2.10. The second kappa shape index (κ2) is 6.37. The largest absolute Gasteiger partial charge is 0.422 e. The number of hydrogen-bond donors (Lipinski definition) is 1. The zero-order valence-corrected chi connectivity index (χ0v) is 15.3. The third-order valence-corrected chi connectivity index (χ3v) is 5.12. The van der Waals surface area contributed by atoms with Crippen LogP contribution in [0.3, 0.4) is 0 Å². The predicted molar refractivity (Wildman–Crippen MR) is 110 cm³/mol. The number of rotatable bonds is 4. The van der Waals surface area contributed by atoms with E-state index in [1.807, 2.05) is 43.5 Å². The van der Waals surface area contributed by atoms with Crippen molar-refractivity contribution in [3.63, 3.8) is 0 Å². The number of hydrogen-bond acceptors (Lipinski definition) is 3. The van der Waals surface area contributed by atoms with Gasteiger partial charge in [-0.3, -0.25) is 0 Å². The van der Waals surface area contributed by atoms with Gasteiger partial charge in [-0.05, 0) is 61.5 Å². The summed E-state index contributed by atoms with van der Waals surface area (Å²) in [6, 6.07) is 14.1. The number of anilines is 1. The Morgan fingerprint density at radius 1 is 1.08 bits per heavy atom. The molecule has 0 bridgehead atoms. The summed E-state index contributed by atoms with van der Waals surface area (Å²) in [6.45, 7) is 8.06. The van der Waals surface area contributed by atoms with Gasteiger partial charge in [-0.25, -0.2) is 4.79 Å². The zero-order chi connectivity index (χ0) is 18.3. The van der Waals surface area contributed by atoms with Crippen LogP contribution in [0.15, 0.2) is 57.9 Å². The van der Waals surface area contributed by atoms with Gasteiger partial charge in [0.25, 0.3) is 0 Å². The molecule has 0 fully saturated rings. The lowest BCUT2D eigenvalue weighted by Crippen LogP contribution is -2.21. The predicted octanol–water partition coefficient (Wildman–Crippen LogP) is 5.34. The van der Waals surface area contributed by atoms with E-state index < -0.39 is 0 Å². The SMILES string of the molecule is CCN(CC)c1ccc2c(C)c(-c3ccc4cc[nH]c4c3)c(=O)oc2c1.[HH]. The highest BCUT2D eigenvalue weighted by Crippen LogP contribution is 2.30. The summed E-state index contributed by atoms with van der Waals surface area (Å²) in [6.07, 6.45) is 1.90. The maximum atomic E-state index is 12.8. The molecule has 4 rings (SSSR count). The third kappa shape index (κ3) is 2.58. The lowest BCUT2D eigenvalue weighted by molar-refractivity contribution is 0.562. The van der Waals surface area contributed by atoms with Crippen molar-refractivity contribution in [2.45, 2.75) is 20.8 Å². The van der Waals surface area contributed by atoms with Gasteiger partial charge < -0.3 is 14.3 Å². The normalized spacial score (nSPS) is 11.3. The fourth-order valence-corrected chi connectivity index (χ4v) is 3.67. The van der Waals surface area contributed by atoms with Crippen LogP contribution in [0.2, 0.25) is 0 Å². The average Bonchev–Trinajstić information content (AvgIpc) is 3.10. The number of aromatic nitrogens is 1. The first-order valence-corrected chi connectivity index (χ1v) is 9.02. The molecule has 4 nitrogen and oxygen atoms in total. The Morgan fingerprint density at radius 3 is 2.65 bits per heavy atom. The average molecular weight is 348 g/mol. The molecule has 26 heavy (non-hydrogen) atoms. The van der Waals surface area contributed by atoms with Gasteiger partial charge in [0.15, 0.2) is 0 Å². The molecule has 134 valence electrons. The first-order valence-electron chi connectivity index (χ1n) is 9.02. The van der Waals surface area contributed by atoms with Crippen LogP contribution >= 0.6 is 0 Å². The van der Waals surface area contributed by atoms with Crippen LogP contribution in [0, 0.1) is 6.92 Å². The Labute approximate surface area is 153 Å². The number of nitrogens with one attached hydrogen (secondary N) is 1. The number of fused-ring (bicyclic) bond motifs is 2. The molecule has 1 N–H and O–H groups in total. The maximum Gasteiger partial charge on any atom is 0.344 e. The third-order valence-electron chi connectivity index (χ3n) is 5.12. The molecule has 4 heteroatoms. The number of aryl methyl sites for hydroxylation is 1. The molecule has 4 aromatic rings. The van der Waals surface area contributed by atoms with E-state index in [4.69, 9.17) is 4.42 Å². The van der Waals surface area contributed by atoms with Gasteiger partial charge >= 0.3 is 5.63 Å². The quantitative estimate of drug-likeness (QED) is 0.506. The molecule has 0 atom stereocenters. The minimum Gasteiger partial charge on any atom is -0.422 e. The highest BCUT2D eigenvalue weighted by atomic mass is 16.4. The van der Waals surface area contributed by atoms with Crippen molar-refractivity contribution in [2.75, 3.05) is 18.0 Å². The van der Waals surface area contributed by atoms with Crippen LogP contribution in [-0.2, 0) is 0 Å². The van der Waals surface area contributed by atoms with Crippen LogP contribution in [0.4, 0.5) is 5.69 Å². The Kier molecular flexibility index (Phi) is 4.03. The van der Waals surface area contributed by atoms with Crippen molar-refractivity contribution in [3.05, 3.63) is 64.6 Å². The van der Waals surface area contributed by atoms with Crippen molar-refractivity contribution in [1.29, 1.82) is 0 Å². The first kappa shape index (κ1) is 16.5. The van der Waals surface area contributed by atoms with E-state index in [0.29, 0.717) is 11.1 Å². The molecule has 0 saturated carbocycles. The summed E-state index contributed by atoms with van der Waals surface area (Å²) in [5.41, 5.74) is 4.89. The van der Waals surface area contributed by atoms with Crippen LogP contribution in [0.25, 0.3) is 33.0 Å². The highest BCUT2D eigenvalue weighted by molar-refractivity contribution is 5.91. The van der Waals surface area contributed by atoms with Crippen molar-refractivity contribution < 1.29 is 5.84 Å². The lowest BCUT2D eigenvalue weighted by atomic mass is 9.98. The summed E-state index contributed by atoms with van der Waals surface area (Å²) in [4.78, 5) is 18.2. The molecule has 0 aliphatic carbocycles. The molecule has 2 aromatic carbocycles. The van der Waals surface area contributed by atoms with Gasteiger partial charge in [-0.2, -0.15) is 0 Å². The Bertz CT molecular complexity index is 1160. The van der Waals surface area contributed by atoms with Gasteiger partial charge in [0, 0.05) is 43.4 Å². The lowest BCUT2D eigenvalue weighted by Gasteiger charge is -2.21. The van der Waals surface area contributed by atoms with E-state index in [0.717, 1.165) is 46.2 Å². The zero-order valence-electron chi connectivity index (χ0n) is 15.3. The Morgan fingerprint density at radius 2 is 1.88 bits per heavy atom. The Hall–Kier alpha value is -3.01. The van der Waals surface area contributed by atoms with Crippen molar-refractivity contribution in [2.24, 2.45) is 0 Å². The number of benzene rings is 2. The molecule has 0 unspecified atom stereocenters. The standard InChI is InChI=1S/C22H22N2O2.H2/c1-4-24(5-2)17-8-9-18-14(3)21(22(25)26-20(18)13-17)16-7-6-15-10-11-23-19(15)12-16;/h6-13,23H,4-5H2,1-3H3;1H. The van der Waals surface area contributed by atoms with E-state index in [2.05, 4.69) is 35.9 Å². The summed E-state index contributed by atoms with van der Waals surface area (Å²) >= 11 is 0. The first-order chi connectivity index (χ1) is 12.6. The minimum atomic E-state index is -0.294. The van der Waals surface area contributed by atoms with Crippen LogP contribution in [0.1, 0.15) is 20.8 Å². The summed E-state index contributed by atoms with van der Waals surface area (Å²) < 4.78 is 5.71. The Balaban J connectivity index is 0.00000210. The monoisotopic (exact) mass is 348 g/mol. The molecule has 0 saturated heterocycles. The van der Waals surface area contributed by atoms with Crippen LogP contribution in [-0.4, -0.2) is 18.1 Å². The van der Waals surface area contributed by atoms with Crippen LogP contribution < -0.4 is 10.5 Å². The molecule has 0 radical (unpaired) electrons. The van der Waals surface area contributed by atoms with E-state index in [9.17, 15) is 4.79 Å². The maximum absolute atomic E-state index is 12.8. The topological polar surface area (TPSA) is 49.2 Å².